The molecule has 0 saturated carbocycles. The molecule has 138 valence electrons. The summed E-state index contributed by atoms with van der Waals surface area (Å²) in [7, 11) is 2.03. The Morgan fingerprint density at radius 2 is 2.00 bits per heavy atom. The first-order valence-electron chi connectivity index (χ1n) is 8.31. The number of hydrogen-bond acceptors (Lipinski definition) is 8. The van der Waals surface area contributed by atoms with E-state index in [2.05, 4.69) is 22.0 Å². The lowest BCUT2D eigenvalue weighted by Crippen LogP contribution is -2.47. The van der Waals surface area contributed by atoms with Crippen LogP contribution in [0.5, 0.6) is 0 Å². The number of rotatable bonds is 4. The van der Waals surface area contributed by atoms with Gasteiger partial charge in [0.1, 0.15) is 28.5 Å². The largest absolute Gasteiger partial charge is 0.383 e. The Bertz CT molecular complexity index is 921. The average Bonchev–Trinajstić information content (AvgIpc) is 3.20. The zero-order chi connectivity index (χ0) is 19.4. The van der Waals surface area contributed by atoms with Gasteiger partial charge in [0, 0.05) is 36.6 Å². The highest BCUT2D eigenvalue weighted by Gasteiger charge is 2.23. The van der Waals surface area contributed by atoms with Crippen LogP contribution in [0.15, 0.2) is 22.5 Å². The molecule has 1 aliphatic heterocycles. The molecule has 1 aliphatic rings. The molecule has 7 nitrogen and oxygen atoms in total. The SMILES string of the molecule is CN1CCN(C(=O)CSc2nc(N)c(C#N)c(-c3cccs3)c2C#N)CC1. The van der Waals surface area contributed by atoms with Crippen LogP contribution in [-0.2, 0) is 4.79 Å². The monoisotopic (exact) mass is 398 g/mol. The summed E-state index contributed by atoms with van der Waals surface area (Å²) < 4.78 is 0. The van der Waals surface area contributed by atoms with Crippen LogP contribution in [0.4, 0.5) is 5.82 Å². The minimum Gasteiger partial charge on any atom is -0.383 e. The molecule has 2 N–H and O–H groups in total. The highest BCUT2D eigenvalue weighted by Crippen LogP contribution is 2.37. The van der Waals surface area contributed by atoms with Crippen molar-refractivity contribution in [1.82, 2.24) is 14.8 Å². The number of nitriles is 2. The summed E-state index contributed by atoms with van der Waals surface area (Å²) in [4.78, 5) is 21.5. The smallest absolute Gasteiger partial charge is 0.233 e. The standard InChI is InChI=1S/C18H18N6OS2/c1-23-4-6-24(7-5-23)15(25)11-27-18-13(10-20)16(14-3-2-8-26-14)12(9-19)17(21)22-18/h2-3,8H,4-7,11H2,1H3,(H2,21,22). The van der Waals surface area contributed by atoms with Gasteiger partial charge in [-0.25, -0.2) is 4.98 Å². The molecule has 0 aliphatic carbocycles. The van der Waals surface area contributed by atoms with E-state index in [-0.39, 0.29) is 23.0 Å². The van der Waals surface area contributed by atoms with Crippen LogP contribution in [-0.4, -0.2) is 59.7 Å². The summed E-state index contributed by atoms with van der Waals surface area (Å²) >= 11 is 2.62. The second kappa shape index (κ2) is 8.40. The number of thiophene rings is 1. The number of aromatic nitrogens is 1. The number of carbonyl (C=O) groups is 1. The highest BCUT2D eigenvalue weighted by molar-refractivity contribution is 8.00. The predicted molar refractivity (Wildman–Crippen MR) is 106 cm³/mol. The number of piperazine rings is 1. The lowest BCUT2D eigenvalue weighted by atomic mass is 10.0. The second-order valence-electron chi connectivity index (χ2n) is 6.10. The van der Waals surface area contributed by atoms with Gasteiger partial charge in [-0.05, 0) is 18.5 Å². The summed E-state index contributed by atoms with van der Waals surface area (Å²) in [6.45, 7) is 3.10. The quantitative estimate of drug-likeness (QED) is 0.784. The first kappa shape index (κ1) is 19.2. The van der Waals surface area contributed by atoms with Crippen LogP contribution >= 0.6 is 23.1 Å². The van der Waals surface area contributed by atoms with Crippen molar-refractivity contribution in [3.05, 3.63) is 28.6 Å². The molecule has 9 heteroatoms. The van der Waals surface area contributed by atoms with Gasteiger partial charge in [0.25, 0.3) is 0 Å². The fourth-order valence-corrected chi connectivity index (χ4v) is 4.53. The fraction of sp³-hybridized carbons (Fsp3) is 0.333. The van der Waals surface area contributed by atoms with Crippen LogP contribution in [0.25, 0.3) is 10.4 Å². The van der Waals surface area contributed by atoms with Gasteiger partial charge in [0.05, 0.1) is 11.3 Å². The molecule has 0 radical (unpaired) electrons. The molecule has 0 aromatic carbocycles. The Kier molecular flexibility index (Phi) is 5.97. The van der Waals surface area contributed by atoms with Gasteiger partial charge < -0.3 is 15.5 Å². The number of amides is 1. The predicted octanol–water partition coefficient (Wildman–Crippen LogP) is 2.00. The van der Waals surface area contributed by atoms with Crippen molar-refractivity contribution in [2.75, 3.05) is 44.7 Å². The lowest BCUT2D eigenvalue weighted by Gasteiger charge is -2.32. The number of anilines is 1. The average molecular weight is 399 g/mol. The van der Waals surface area contributed by atoms with E-state index in [1.54, 1.807) is 0 Å². The fourth-order valence-electron chi connectivity index (χ4n) is 2.85. The van der Waals surface area contributed by atoms with Gasteiger partial charge >= 0.3 is 0 Å². The molecule has 0 unspecified atom stereocenters. The summed E-state index contributed by atoms with van der Waals surface area (Å²) in [6, 6.07) is 7.89. The maximum absolute atomic E-state index is 12.5. The zero-order valence-electron chi connectivity index (χ0n) is 14.8. The minimum absolute atomic E-state index is 0.0133. The van der Waals surface area contributed by atoms with Crippen molar-refractivity contribution in [2.45, 2.75) is 5.03 Å². The first-order valence-corrected chi connectivity index (χ1v) is 10.2. The van der Waals surface area contributed by atoms with E-state index in [1.165, 1.54) is 23.1 Å². The first-order chi connectivity index (χ1) is 13.0. The number of pyridine rings is 1. The van der Waals surface area contributed by atoms with E-state index in [4.69, 9.17) is 5.73 Å². The number of nitrogens with zero attached hydrogens (tertiary/aromatic N) is 5. The molecule has 2 aromatic rings. The van der Waals surface area contributed by atoms with Crippen molar-refractivity contribution in [2.24, 2.45) is 0 Å². The summed E-state index contributed by atoms with van der Waals surface area (Å²) in [5.41, 5.74) is 6.96. The van der Waals surface area contributed by atoms with Gasteiger partial charge in [-0.15, -0.1) is 11.3 Å². The van der Waals surface area contributed by atoms with Gasteiger partial charge in [0.2, 0.25) is 5.91 Å². The Hall–Kier alpha value is -2.59. The topological polar surface area (TPSA) is 110 Å². The summed E-state index contributed by atoms with van der Waals surface area (Å²) in [5, 5.41) is 21.4. The third-order valence-corrected chi connectivity index (χ3v) is 6.22. The number of nitrogens with two attached hydrogens (primary N) is 1. The van der Waals surface area contributed by atoms with Crippen molar-refractivity contribution in [3.63, 3.8) is 0 Å². The number of likely N-dealkylation sites (N-methyl/N-ethyl adjacent to an activating group) is 1. The van der Waals surface area contributed by atoms with E-state index in [9.17, 15) is 15.3 Å². The Labute approximate surface area is 166 Å². The van der Waals surface area contributed by atoms with Crippen molar-refractivity contribution in [3.8, 4) is 22.6 Å². The molecule has 2 aromatic heterocycles. The molecule has 1 saturated heterocycles. The second-order valence-corrected chi connectivity index (χ2v) is 8.01. The zero-order valence-corrected chi connectivity index (χ0v) is 16.4. The molecule has 1 fully saturated rings. The van der Waals surface area contributed by atoms with Gasteiger partial charge in [0.15, 0.2) is 0 Å². The van der Waals surface area contributed by atoms with E-state index in [1.807, 2.05) is 29.5 Å². The third kappa shape index (κ3) is 4.06. The molecule has 0 atom stereocenters. The van der Waals surface area contributed by atoms with Crippen LogP contribution in [0.2, 0.25) is 0 Å². The van der Waals surface area contributed by atoms with Crippen molar-refractivity contribution >= 4 is 34.8 Å². The number of thioether (sulfide) groups is 1. The van der Waals surface area contributed by atoms with Crippen LogP contribution in [0.1, 0.15) is 11.1 Å². The van der Waals surface area contributed by atoms with E-state index in [0.29, 0.717) is 29.2 Å². The molecule has 0 spiro atoms. The number of carbonyl (C=O) groups excluding carboxylic acids is 1. The van der Waals surface area contributed by atoms with Crippen LogP contribution in [0, 0.1) is 22.7 Å². The molecule has 0 bridgehead atoms. The maximum Gasteiger partial charge on any atom is 0.233 e. The van der Waals surface area contributed by atoms with E-state index >= 15 is 0 Å². The maximum atomic E-state index is 12.5. The molecular weight excluding hydrogens is 380 g/mol. The summed E-state index contributed by atoms with van der Waals surface area (Å²) in [5.74, 6) is 0.273. The van der Waals surface area contributed by atoms with E-state index in [0.717, 1.165) is 18.0 Å². The van der Waals surface area contributed by atoms with Gasteiger partial charge in [-0.3, -0.25) is 4.79 Å². The van der Waals surface area contributed by atoms with Gasteiger partial charge in [-0.1, -0.05) is 17.8 Å². The Morgan fingerprint density at radius 3 is 2.59 bits per heavy atom. The molecule has 1 amide bonds. The molecular formula is C18H18N6OS2. The van der Waals surface area contributed by atoms with Crippen molar-refractivity contribution < 1.29 is 4.79 Å². The summed E-state index contributed by atoms with van der Waals surface area (Å²) in [6.07, 6.45) is 0. The van der Waals surface area contributed by atoms with Crippen LogP contribution < -0.4 is 5.73 Å². The van der Waals surface area contributed by atoms with Crippen LogP contribution in [0.3, 0.4) is 0 Å². The minimum atomic E-state index is 0.0133. The number of nitrogen functional groups attached to an aromatic ring is 1. The van der Waals surface area contributed by atoms with Gasteiger partial charge in [-0.2, -0.15) is 10.5 Å². The van der Waals surface area contributed by atoms with E-state index < -0.39 is 0 Å². The lowest BCUT2D eigenvalue weighted by molar-refractivity contribution is -0.129. The molecule has 3 heterocycles. The Morgan fingerprint density at radius 1 is 1.30 bits per heavy atom. The third-order valence-electron chi connectivity index (χ3n) is 4.37. The molecule has 27 heavy (non-hydrogen) atoms. The Balaban J connectivity index is 1.87. The normalized spacial score (nSPS) is 14.6. The highest BCUT2D eigenvalue weighted by atomic mass is 32.2. The van der Waals surface area contributed by atoms with Crippen molar-refractivity contribution in [1.29, 1.82) is 10.5 Å². The molecule has 3 rings (SSSR count). The number of hydrogen-bond donors (Lipinski definition) is 1.